The normalized spacial score (nSPS) is 11.0. The van der Waals surface area contributed by atoms with Crippen molar-refractivity contribution in [3.05, 3.63) is 29.8 Å². The average Bonchev–Trinajstić information content (AvgIpc) is 2.46. The van der Waals surface area contributed by atoms with Gasteiger partial charge in [0.15, 0.2) is 0 Å². The Hall–Kier alpha value is -1.06. The molecule has 1 rings (SSSR count). The van der Waals surface area contributed by atoms with Crippen molar-refractivity contribution in [3.63, 3.8) is 0 Å². The molecule has 0 unspecified atom stereocenters. The molecule has 0 spiro atoms. The van der Waals surface area contributed by atoms with Crippen molar-refractivity contribution in [2.45, 2.75) is 40.2 Å². The van der Waals surface area contributed by atoms with Crippen LogP contribution in [0.4, 0.5) is 0 Å². The van der Waals surface area contributed by atoms with Gasteiger partial charge in [0.05, 0.1) is 0 Å². The van der Waals surface area contributed by atoms with E-state index in [4.69, 9.17) is 4.74 Å². The summed E-state index contributed by atoms with van der Waals surface area (Å²) in [6.45, 7) is 12.5. The average molecular weight is 278 g/mol. The molecule has 0 aromatic heterocycles. The third kappa shape index (κ3) is 6.40. The Balaban J connectivity index is 2.43. The summed E-state index contributed by atoms with van der Waals surface area (Å²) in [6.07, 6.45) is 2.41. The van der Waals surface area contributed by atoms with Gasteiger partial charge in [-0.25, -0.2) is 0 Å². The molecule has 0 aliphatic heterocycles. The highest BCUT2D eigenvalue weighted by atomic mass is 16.5. The minimum Gasteiger partial charge on any atom is -0.492 e. The lowest BCUT2D eigenvalue weighted by molar-refractivity contribution is 0.208. The fourth-order valence-corrected chi connectivity index (χ4v) is 2.30. The van der Waals surface area contributed by atoms with E-state index in [9.17, 15) is 0 Å². The van der Waals surface area contributed by atoms with Gasteiger partial charge in [-0.2, -0.15) is 0 Å². The molecular formula is C17H30N2O. The van der Waals surface area contributed by atoms with E-state index in [1.807, 2.05) is 6.07 Å². The van der Waals surface area contributed by atoms with Crippen LogP contribution in [-0.4, -0.2) is 37.7 Å². The zero-order valence-corrected chi connectivity index (χ0v) is 13.3. The number of hydrogen-bond donors (Lipinski definition) is 1. The topological polar surface area (TPSA) is 24.5 Å². The molecule has 0 radical (unpaired) electrons. The molecule has 1 aromatic carbocycles. The summed E-state index contributed by atoms with van der Waals surface area (Å²) in [6, 6.07) is 8.31. The molecule has 0 atom stereocenters. The van der Waals surface area contributed by atoms with Gasteiger partial charge in [0.1, 0.15) is 12.4 Å². The standard InChI is InChI=1S/C17H30N2O/c1-4-11-19(12-5-2)13-14-20-17-10-8-7-9-16(17)15-18-6-3/h7-10,18H,4-6,11-15H2,1-3H3. The van der Waals surface area contributed by atoms with Crippen molar-refractivity contribution < 1.29 is 4.74 Å². The summed E-state index contributed by atoms with van der Waals surface area (Å²) in [4.78, 5) is 2.48. The summed E-state index contributed by atoms with van der Waals surface area (Å²) in [5.41, 5.74) is 1.24. The van der Waals surface area contributed by atoms with Gasteiger partial charge in [-0.3, -0.25) is 4.90 Å². The third-order valence-corrected chi connectivity index (χ3v) is 3.28. The molecule has 1 N–H and O–H groups in total. The zero-order chi connectivity index (χ0) is 14.6. The van der Waals surface area contributed by atoms with Crippen LogP contribution in [0.2, 0.25) is 0 Å². The quantitative estimate of drug-likeness (QED) is 0.672. The number of hydrogen-bond acceptors (Lipinski definition) is 3. The SMILES string of the molecule is CCCN(CCC)CCOc1ccccc1CNCC. The lowest BCUT2D eigenvalue weighted by Gasteiger charge is -2.21. The first-order chi connectivity index (χ1) is 9.81. The Morgan fingerprint density at radius 2 is 1.70 bits per heavy atom. The van der Waals surface area contributed by atoms with E-state index in [1.54, 1.807) is 0 Å². The predicted molar refractivity (Wildman–Crippen MR) is 86.3 cm³/mol. The number of ether oxygens (including phenoxy) is 1. The van der Waals surface area contributed by atoms with E-state index in [-0.39, 0.29) is 0 Å². The highest BCUT2D eigenvalue weighted by Crippen LogP contribution is 2.17. The van der Waals surface area contributed by atoms with Crippen LogP contribution >= 0.6 is 0 Å². The highest BCUT2D eigenvalue weighted by molar-refractivity contribution is 5.33. The number of nitrogens with one attached hydrogen (secondary N) is 1. The van der Waals surface area contributed by atoms with Crippen molar-refractivity contribution in [1.82, 2.24) is 10.2 Å². The summed E-state index contributed by atoms with van der Waals surface area (Å²) < 4.78 is 5.98. The van der Waals surface area contributed by atoms with Crippen LogP contribution in [-0.2, 0) is 6.54 Å². The summed E-state index contributed by atoms with van der Waals surface area (Å²) >= 11 is 0. The van der Waals surface area contributed by atoms with Gasteiger partial charge in [0.25, 0.3) is 0 Å². The third-order valence-electron chi connectivity index (χ3n) is 3.28. The summed E-state index contributed by atoms with van der Waals surface area (Å²) in [5.74, 6) is 1.02. The Morgan fingerprint density at radius 1 is 1.00 bits per heavy atom. The Labute approximate surface area is 124 Å². The van der Waals surface area contributed by atoms with Crippen molar-refractivity contribution >= 4 is 0 Å². The van der Waals surface area contributed by atoms with Crippen LogP contribution in [0, 0.1) is 0 Å². The Kier molecular flexibility index (Phi) is 9.09. The molecule has 0 saturated carbocycles. The Morgan fingerprint density at radius 3 is 2.35 bits per heavy atom. The monoisotopic (exact) mass is 278 g/mol. The van der Waals surface area contributed by atoms with E-state index in [0.29, 0.717) is 0 Å². The van der Waals surface area contributed by atoms with Gasteiger partial charge in [-0.05, 0) is 38.5 Å². The minimum absolute atomic E-state index is 0.767. The molecule has 0 fully saturated rings. The van der Waals surface area contributed by atoms with Gasteiger partial charge in [0, 0.05) is 18.7 Å². The fourth-order valence-electron chi connectivity index (χ4n) is 2.30. The van der Waals surface area contributed by atoms with E-state index >= 15 is 0 Å². The molecule has 3 heteroatoms. The molecular weight excluding hydrogens is 248 g/mol. The summed E-state index contributed by atoms with van der Waals surface area (Å²) in [5, 5.41) is 3.35. The molecule has 114 valence electrons. The largest absolute Gasteiger partial charge is 0.492 e. The first-order valence-corrected chi connectivity index (χ1v) is 7.95. The van der Waals surface area contributed by atoms with E-state index < -0.39 is 0 Å². The molecule has 0 bridgehead atoms. The maximum absolute atomic E-state index is 5.98. The second kappa shape index (κ2) is 10.7. The van der Waals surface area contributed by atoms with Gasteiger partial charge in [-0.1, -0.05) is 39.0 Å². The molecule has 20 heavy (non-hydrogen) atoms. The predicted octanol–water partition coefficient (Wildman–Crippen LogP) is 3.30. The van der Waals surface area contributed by atoms with Crippen LogP contribution in [0.25, 0.3) is 0 Å². The molecule has 0 amide bonds. The molecule has 0 saturated heterocycles. The van der Waals surface area contributed by atoms with E-state index in [1.165, 1.54) is 18.4 Å². The van der Waals surface area contributed by atoms with Crippen molar-refractivity contribution in [2.75, 3.05) is 32.8 Å². The van der Waals surface area contributed by atoms with Crippen molar-refractivity contribution in [2.24, 2.45) is 0 Å². The zero-order valence-electron chi connectivity index (χ0n) is 13.3. The molecule has 3 nitrogen and oxygen atoms in total. The minimum atomic E-state index is 0.767. The fraction of sp³-hybridized carbons (Fsp3) is 0.647. The molecule has 0 heterocycles. The van der Waals surface area contributed by atoms with Crippen LogP contribution in [0.5, 0.6) is 5.75 Å². The van der Waals surface area contributed by atoms with E-state index in [2.05, 4.69) is 49.2 Å². The molecule has 1 aromatic rings. The van der Waals surface area contributed by atoms with Crippen LogP contribution in [0.1, 0.15) is 39.2 Å². The van der Waals surface area contributed by atoms with E-state index in [0.717, 1.165) is 45.1 Å². The molecule has 0 aliphatic carbocycles. The number of rotatable bonds is 11. The smallest absolute Gasteiger partial charge is 0.123 e. The number of benzene rings is 1. The number of nitrogens with zero attached hydrogens (tertiary/aromatic N) is 1. The van der Waals surface area contributed by atoms with Crippen molar-refractivity contribution in [1.29, 1.82) is 0 Å². The first-order valence-electron chi connectivity index (χ1n) is 7.95. The van der Waals surface area contributed by atoms with Gasteiger partial charge >= 0.3 is 0 Å². The van der Waals surface area contributed by atoms with Gasteiger partial charge in [0.2, 0.25) is 0 Å². The second-order valence-corrected chi connectivity index (χ2v) is 5.08. The first kappa shape index (κ1) is 17.0. The maximum Gasteiger partial charge on any atom is 0.123 e. The number of para-hydroxylation sites is 1. The van der Waals surface area contributed by atoms with Gasteiger partial charge in [-0.15, -0.1) is 0 Å². The lowest BCUT2D eigenvalue weighted by atomic mass is 10.2. The van der Waals surface area contributed by atoms with Crippen molar-refractivity contribution in [3.8, 4) is 5.75 Å². The second-order valence-electron chi connectivity index (χ2n) is 5.08. The van der Waals surface area contributed by atoms with Gasteiger partial charge < -0.3 is 10.1 Å². The van der Waals surface area contributed by atoms with Crippen LogP contribution in [0.3, 0.4) is 0 Å². The molecule has 0 aliphatic rings. The Bertz CT molecular complexity index is 349. The lowest BCUT2D eigenvalue weighted by Crippen LogP contribution is -2.30. The van der Waals surface area contributed by atoms with Crippen LogP contribution < -0.4 is 10.1 Å². The maximum atomic E-state index is 5.98. The summed E-state index contributed by atoms with van der Waals surface area (Å²) in [7, 11) is 0. The van der Waals surface area contributed by atoms with Crippen LogP contribution in [0.15, 0.2) is 24.3 Å². The highest BCUT2D eigenvalue weighted by Gasteiger charge is 2.05.